The van der Waals surface area contributed by atoms with Crippen LogP contribution in [0.15, 0.2) is 47.2 Å². The van der Waals surface area contributed by atoms with Crippen molar-refractivity contribution < 1.29 is 18.3 Å². The van der Waals surface area contributed by atoms with Crippen molar-refractivity contribution in [2.24, 2.45) is 5.73 Å². The number of carbonyl (C=O) groups excluding carboxylic acids is 1. The van der Waals surface area contributed by atoms with Crippen LogP contribution in [0, 0.1) is 11.6 Å². The lowest BCUT2D eigenvalue weighted by Gasteiger charge is -2.11. The van der Waals surface area contributed by atoms with Crippen molar-refractivity contribution in [3.63, 3.8) is 0 Å². The van der Waals surface area contributed by atoms with E-state index in [4.69, 9.17) is 10.5 Å². The van der Waals surface area contributed by atoms with Gasteiger partial charge in [0.25, 0.3) is 5.91 Å². The van der Waals surface area contributed by atoms with Gasteiger partial charge in [0.05, 0.1) is 17.9 Å². The summed E-state index contributed by atoms with van der Waals surface area (Å²) >= 11 is 3.06. The molecular weight excluding hydrogens is 458 g/mol. The summed E-state index contributed by atoms with van der Waals surface area (Å²) in [6.45, 7) is 2.46. The molecule has 30 heavy (non-hydrogen) atoms. The van der Waals surface area contributed by atoms with E-state index in [0.717, 1.165) is 0 Å². The molecule has 3 rings (SSSR count). The standard InChI is InChI=1S/C21H19BrF2N4O2/c1-2-30-19-7-12(3-4-15(19)21(25)29)18-10-20(28-11-27-18)26-6-5-14-16(23)8-13(22)9-17(14)24/h3-4,7-11H,2,5-6H2,1H3,(H2,25,29)(H,26,27,28). The third-order valence-corrected chi connectivity index (χ3v) is 4.75. The highest BCUT2D eigenvalue weighted by atomic mass is 79.9. The Bertz CT molecular complexity index is 1060. The number of nitrogens with zero attached hydrogens (tertiary/aromatic N) is 2. The third-order valence-electron chi connectivity index (χ3n) is 4.30. The lowest BCUT2D eigenvalue weighted by atomic mass is 10.1. The van der Waals surface area contributed by atoms with Gasteiger partial charge in [-0.25, -0.2) is 18.7 Å². The van der Waals surface area contributed by atoms with Gasteiger partial charge in [-0.15, -0.1) is 0 Å². The van der Waals surface area contributed by atoms with Crippen LogP contribution in [0.4, 0.5) is 14.6 Å². The molecule has 1 aromatic heterocycles. The lowest BCUT2D eigenvalue weighted by Crippen LogP contribution is -2.13. The van der Waals surface area contributed by atoms with E-state index in [0.29, 0.717) is 33.9 Å². The molecule has 0 aliphatic heterocycles. The Morgan fingerprint density at radius 2 is 1.90 bits per heavy atom. The average Bonchev–Trinajstić information content (AvgIpc) is 2.70. The molecule has 6 nitrogen and oxygen atoms in total. The number of hydrogen-bond donors (Lipinski definition) is 2. The molecular formula is C21H19BrF2N4O2. The number of aromatic nitrogens is 2. The van der Waals surface area contributed by atoms with Gasteiger partial charge in [-0.1, -0.05) is 22.0 Å². The van der Waals surface area contributed by atoms with Crippen molar-refractivity contribution in [2.75, 3.05) is 18.5 Å². The van der Waals surface area contributed by atoms with Crippen LogP contribution < -0.4 is 15.8 Å². The molecule has 0 spiro atoms. The van der Waals surface area contributed by atoms with E-state index in [9.17, 15) is 13.6 Å². The van der Waals surface area contributed by atoms with Gasteiger partial charge in [-0.3, -0.25) is 4.79 Å². The van der Waals surface area contributed by atoms with Gasteiger partial charge in [0.15, 0.2) is 0 Å². The van der Waals surface area contributed by atoms with E-state index in [1.54, 1.807) is 31.2 Å². The van der Waals surface area contributed by atoms with Crippen LogP contribution in [-0.2, 0) is 6.42 Å². The van der Waals surface area contributed by atoms with Crippen molar-refractivity contribution in [2.45, 2.75) is 13.3 Å². The highest BCUT2D eigenvalue weighted by Crippen LogP contribution is 2.27. The first-order valence-corrected chi connectivity index (χ1v) is 9.94. The molecule has 3 N–H and O–H groups in total. The molecule has 0 aliphatic rings. The summed E-state index contributed by atoms with van der Waals surface area (Å²) in [6, 6.07) is 9.13. The van der Waals surface area contributed by atoms with Crippen LogP contribution in [0.3, 0.4) is 0 Å². The van der Waals surface area contributed by atoms with Crippen molar-refractivity contribution in [1.82, 2.24) is 9.97 Å². The topological polar surface area (TPSA) is 90.1 Å². The number of carbonyl (C=O) groups is 1. The largest absolute Gasteiger partial charge is 0.493 e. The van der Waals surface area contributed by atoms with Gasteiger partial charge in [-0.2, -0.15) is 0 Å². The fraction of sp³-hybridized carbons (Fsp3) is 0.190. The molecule has 0 aliphatic carbocycles. The van der Waals surface area contributed by atoms with Crippen LogP contribution >= 0.6 is 15.9 Å². The maximum absolute atomic E-state index is 13.9. The van der Waals surface area contributed by atoms with Crippen molar-refractivity contribution >= 4 is 27.7 Å². The zero-order valence-corrected chi connectivity index (χ0v) is 17.7. The van der Waals surface area contributed by atoms with Crippen LogP contribution in [0.25, 0.3) is 11.3 Å². The smallest absolute Gasteiger partial charge is 0.252 e. The van der Waals surface area contributed by atoms with Gasteiger partial charge < -0.3 is 15.8 Å². The summed E-state index contributed by atoms with van der Waals surface area (Å²) in [5, 5.41) is 3.04. The fourth-order valence-corrected chi connectivity index (χ4v) is 3.30. The lowest BCUT2D eigenvalue weighted by molar-refractivity contribution is 0.0996. The van der Waals surface area contributed by atoms with E-state index >= 15 is 0 Å². The third kappa shape index (κ3) is 5.10. The first-order valence-electron chi connectivity index (χ1n) is 9.15. The van der Waals surface area contributed by atoms with Crippen LogP contribution in [0.5, 0.6) is 5.75 Å². The molecule has 0 unspecified atom stereocenters. The second-order valence-electron chi connectivity index (χ2n) is 6.32. The summed E-state index contributed by atoms with van der Waals surface area (Å²) in [4.78, 5) is 19.9. The zero-order chi connectivity index (χ0) is 21.7. The quantitative estimate of drug-likeness (QED) is 0.504. The molecule has 156 valence electrons. The second kappa shape index (κ2) is 9.62. The summed E-state index contributed by atoms with van der Waals surface area (Å²) in [5.41, 5.74) is 6.96. The Labute approximate surface area is 180 Å². The fourth-order valence-electron chi connectivity index (χ4n) is 2.90. The van der Waals surface area contributed by atoms with E-state index < -0.39 is 17.5 Å². The van der Waals surface area contributed by atoms with Crippen LogP contribution in [0.1, 0.15) is 22.8 Å². The number of benzene rings is 2. The summed E-state index contributed by atoms with van der Waals surface area (Å²) < 4.78 is 33.7. The predicted octanol–water partition coefficient (Wildman–Crippen LogP) is 4.34. The Morgan fingerprint density at radius 3 is 2.57 bits per heavy atom. The average molecular weight is 477 g/mol. The number of ether oxygens (including phenoxy) is 1. The summed E-state index contributed by atoms with van der Waals surface area (Å²) in [7, 11) is 0. The number of hydrogen-bond acceptors (Lipinski definition) is 5. The van der Waals surface area contributed by atoms with Crippen LogP contribution in [0.2, 0.25) is 0 Å². The molecule has 0 saturated carbocycles. The number of nitrogens with two attached hydrogens (primary N) is 1. The molecule has 2 aromatic carbocycles. The molecule has 1 amide bonds. The van der Waals surface area contributed by atoms with E-state index in [2.05, 4.69) is 31.2 Å². The van der Waals surface area contributed by atoms with Crippen molar-refractivity contribution in [1.29, 1.82) is 0 Å². The SMILES string of the molecule is CCOc1cc(-c2cc(NCCc3c(F)cc(Br)cc3F)ncn2)ccc1C(N)=O. The highest BCUT2D eigenvalue weighted by Gasteiger charge is 2.13. The second-order valence-corrected chi connectivity index (χ2v) is 7.24. The molecule has 3 aromatic rings. The maximum atomic E-state index is 13.9. The Balaban J connectivity index is 1.75. The van der Waals surface area contributed by atoms with Gasteiger partial charge >= 0.3 is 0 Å². The van der Waals surface area contributed by atoms with Crippen molar-refractivity contribution in [3.8, 4) is 17.0 Å². The van der Waals surface area contributed by atoms with Gasteiger partial charge in [0, 0.05) is 28.2 Å². The van der Waals surface area contributed by atoms with E-state index in [-0.39, 0.29) is 24.1 Å². The van der Waals surface area contributed by atoms with Gasteiger partial charge in [0.2, 0.25) is 0 Å². The number of primary amides is 1. The minimum Gasteiger partial charge on any atom is -0.493 e. The van der Waals surface area contributed by atoms with E-state index in [1.807, 2.05) is 0 Å². The number of halogens is 3. The molecule has 0 atom stereocenters. The minimum absolute atomic E-state index is 0.00313. The maximum Gasteiger partial charge on any atom is 0.252 e. The number of anilines is 1. The Hall–Kier alpha value is -3.07. The van der Waals surface area contributed by atoms with Gasteiger partial charge in [0.1, 0.15) is 29.5 Å². The first kappa shape index (κ1) is 21.6. The Morgan fingerprint density at radius 1 is 1.17 bits per heavy atom. The first-order chi connectivity index (χ1) is 14.4. The molecule has 0 saturated heterocycles. The van der Waals surface area contributed by atoms with Crippen molar-refractivity contribution in [3.05, 3.63) is 70.0 Å². The Kier molecular flexibility index (Phi) is 6.94. The normalized spacial score (nSPS) is 10.7. The molecule has 0 radical (unpaired) electrons. The summed E-state index contributed by atoms with van der Waals surface area (Å²) in [5.74, 6) is -0.927. The zero-order valence-electron chi connectivity index (χ0n) is 16.1. The predicted molar refractivity (Wildman–Crippen MR) is 113 cm³/mol. The van der Waals surface area contributed by atoms with E-state index in [1.165, 1.54) is 18.5 Å². The molecule has 0 fully saturated rings. The number of rotatable bonds is 8. The van der Waals surface area contributed by atoms with Crippen LogP contribution in [-0.4, -0.2) is 29.0 Å². The van der Waals surface area contributed by atoms with Gasteiger partial charge in [-0.05, 0) is 37.6 Å². The molecule has 0 bridgehead atoms. The number of nitrogens with one attached hydrogen (secondary N) is 1. The molecule has 1 heterocycles. The number of amides is 1. The highest BCUT2D eigenvalue weighted by molar-refractivity contribution is 9.10. The monoisotopic (exact) mass is 476 g/mol. The molecule has 9 heteroatoms. The summed E-state index contributed by atoms with van der Waals surface area (Å²) in [6.07, 6.45) is 1.52. The minimum atomic E-state index is -0.606.